The van der Waals surface area contributed by atoms with Crippen molar-refractivity contribution in [1.29, 1.82) is 0 Å². The van der Waals surface area contributed by atoms with Crippen LogP contribution in [0.15, 0.2) is 54.6 Å². The van der Waals surface area contributed by atoms with Crippen LogP contribution in [-0.4, -0.2) is 11.8 Å². The van der Waals surface area contributed by atoms with Crippen molar-refractivity contribution >= 4 is 23.2 Å². The van der Waals surface area contributed by atoms with E-state index in [1.165, 1.54) is 0 Å². The molecule has 0 heterocycles. The lowest BCUT2D eigenvalue weighted by atomic mass is 9.92. The van der Waals surface area contributed by atoms with Gasteiger partial charge in [-0.1, -0.05) is 36.4 Å². The standard InChI is InChI=1S/C19H21N3O2/c1-19(20,14-6-3-2-4-7-14)18(24)22-16-9-5-8-15(12-16)21-17(23)13-10-11-13/h2-9,12-13H,10-11,20H2,1H3,(H,21,23)(H,22,24). The van der Waals surface area contributed by atoms with E-state index in [-0.39, 0.29) is 17.7 Å². The van der Waals surface area contributed by atoms with Crippen molar-refractivity contribution in [2.24, 2.45) is 11.7 Å². The first-order chi connectivity index (χ1) is 11.5. The minimum absolute atomic E-state index is 0.0337. The predicted molar refractivity (Wildman–Crippen MR) is 94.4 cm³/mol. The molecule has 124 valence electrons. The largest absolute Gasteiger partial charge is 0.326 e. The van der Waals surface area contributed by atoms with Gasteiger partial charge in [0, 0.05) is 17.3 Å². The summed E-state index contributed by atoms with van der Waals surface area (Å²) in [6, 6.07) is 16.3. The molecule has 0 radical (unpaired) electrons. The number of carbonyl (C=O) groups is 2. The smallest absolute Gasteiger partial charge is 0.248 e. The van der Waals surface area contributed by atoms with Gasteiger partial charge in [0.15, 0.2) is 0 Å². The lowest BCUT2D eigenvalue weighted by molar-refractivity contribution is -0.121. The summed E-state index contributed by atoms with van der Waals surface area (Å²) in [4.78, 5) is 24.4. The highest BCUT2D eigenvalue weighted by molar-refractivity contribution is 5.99. The second kappa shape index (κ2) is 6.45. The van der Waals surface area contributed by atoms with Crippen molar-refractivity contribution in [2.45, 2.75) is 25.3 Å². The van der Waals surface area contributed by atoms with Gasteiger partial charge in [0.2, 0.25) is 11.8 Å². The van der Waals surface area contributed by atoms with Crippen LogP contribution >= 0.6 is 0 Å². The summed E-state index contributed by atoms with van der Waals surface area (Å²) >= 11 is 0. The molecule has 0 aromatic heterocycles. The van der Waals surface area contributed by atoms with Crippen LogP contribution in [-0.2, 0) is 15.1 Å². The number of nitrogens with two attached hydrogens (primary N) is 1. The Bertz CT molecular complexity index is 752. The van der Waals surface area contributed by atoms with E-state index in [0.29, 0.717) is 11.4 Å². The zero-order valence-electron chi connectivity index (χ0n) is 13.6. The van der Waals surface area contributed by atoms with E-state index in [1.807, 2.05) is 30.3 Å². The van der Waals surface area contributed by atoms with Crippen LogP contribution in [0, 0.1) is 5.92 Å². The molecule has 1 aliphatic carbocycles. The lowest BCUT2D eigenvalue weighted by Crippen LogP contribution is -2.45. The SMILES string of the molecule is CC(N)(C(=O)Nc1cccc(NC(=O)C2CC2)c1)c1ccccc1. The van der Waals surface area contributed by atoms with Crippen molar-refractivity contribution in [3.8, 4) is 0 Å². The fourth-order valence-electron chi connectivity index (χ4n) is 2.44. The van der Waals surface area contributed by atoms with Gasteiger partial charge in [0.25, 0.3) is 0 Å². The van der Waals surface area contributed by atoms with Gasteiger partial charge in [-0.15, -0.1) is 0 Å². The number of benzene rings is 2. The molecule has 4 N–H and O–H groups in total. The molecule has 0 aliphatic heterocycles. The molecule has 1 saturated carbocycles. The average molecular weight is 323 g/mol. The molecule has 1 unspecified atom stereocenters. The molecule has 5 heteroatoms. The number of nitrogens with one attached hydrogen (secondary N) is 2. The third kappa shape index (κ3) is 3.63. The Morgan fingerprint density at radius 1 is 1.00 bits per heavy atom. The van der Waals surface area contributed by atoms with Crippen molar-refractivity contribution in [3.05, 3.63) is 60.2 Å². The minimum Gasteiger partial charge on any atom is -0.326 e. The van der Waals surface area contributed by atoms with Crippen LogP contribution in [0.25, 0.3) is 0 Å². The maximum absolute atomic E-state index is 12.6. The number of rotatable bonds is 5. The van der Waals surface area contributed by atoms with E-state index in [0.717, 1.165) is 18.4 Å². The fourth-order valence-corrected chi connectivity index (χ4v) is 2.44. The molecule has 1 aliphatic rings. The Hall–Kier alpha value is -2.66. The van der Waals surface area contributed by atoms with Crippen molar-refractivity contribution in [1.82, 2.24) is 0 Å². The van der Waals surface area contributed by atoms with Crippen molar-refractivity contribution < 1.29 is 9.59 Å². The van der Waals surface area contributed by atoms with Gasteiger partial charge in [-0.2, -0.15) is 0 Å². The summed E-state index contributed by atoms with van der Waals surface area (Å²) in [5.74, 6) is -0.139. The summed E-state index contributed by atoms with van der Waals surface area (Å²) in [7, 11) is 0. The number of hydrogen-bond donors (Lipinski definition) is 3. The zero-order valence-corrected chi connectivity index (χ0v) is 13.6. The highest BCUT2D eigenvalue weighted by Gasteiger charge is 2.31. The van der Waals surface area contributed by atoms with Crippen LogP contribution in [0.1, 0.15) is 25.3 Å². The fraction of sp³-hybridized carbons (Fsp3) is 0.263. The van der Waals surface area contributed by atoms with E-state index in [2.05, 4.69) is 10.6 Å². The van der Waals surface area contributed by atoms with Crippen LogP contribution in [0.2, 0.25) is 0 Å². The third-order valence-electron chi connectivity index (χ3n) is 4.18. The van der Waals surface area contributed by atoms with Gasteiger partial charge in [-0.05, 0) is 43.5 Å². The van der Waals surface area contributed by atoms with Crippen LogP contribution in [0.4, 0.5) is 11.4 Å². The number of carbonyl (C=O) groups excluding carboxylic acids is 2. The van der Waals surface area contributed by atoms with E-state index in [4.69, 9.17) is 5.73 Å². The van der Waals surface area contributed by atoms with Gasteiger partial charge < -0.3 is 16.4 Å². The Morgan fingerprint density at radius 2 is 1.62 bits per heavy atom. The third-order valence-corrected chi connectivity index (χ3v) is 4.18. The predicted octanol–water partition coefficient (Wildman–Crippen LogP) is 2.85. The topological polar surface area (TPSA) is 84.2 Å². The molecule has 24 heavy (non-hydrogen) atoms. The molecule has 1 atom stereocenters. The molecule has 3 rings (SSSR count). The van der Waals surface area contributed by atoms with Gasteiger partial charge in [-0.3, -0.25) is 9.59 Å². The zero-order chi connectivity index (χ0) is 17.2. The van der Waals surface area contributed by atoms with Gasteiger partial charge in [0.05, 0.1) is 0 Å². The number of hydrogen-bond acceptors (Lipinski definition) is 3. The van der Waals surface area contributed by atoms with E-state index in [1.54, 1.807) is 31.2 Å². The lowest BCUT2D eigenvalue weighted by Gasteiger charge is -2.24. The summed E-state index contributed by atoms with van der Waals surface area (Å²) in [6.07, 6.45) is 1.90. The molecular formula is C19H21N3O2. The van der Waals surface area contributed by atoms with Gasteiger partial charge >= 0.3 is 0 Å². The number of anilines is 2. The highest BCUT2D eigenvalue weighted by atomic mass is 16.2. The Balaban J connectivity index is 1.71. The molecule has 0 bridgehead atoms. The molecule has 0 spiro atoms. The Kier molecular flexibility index (Phi) is 4.36. The normalized spacial score (nSPS) is 16.1. The Morgan fingerprint density at radius 3 is 2.25 bits per heavy atom. The monoisotopic (exact) mass is 323 g/mol. The summed E-state index contributed by atoms with van der Waals surface area (Å²) in [5.41, 5.74) is 7.07. The van der Waals surface area contributed by atoms with Crippen molar-refractivity contribution in [3.63, 3.8) is 0 Å². The second-order valence-electron chi connectivity index (χ2n) is 6.37. The maximum Gasteiger partial charge on any atom is 0.248 e. The molecule has 2 aromatic carbocycles. The second-order valence-corrected chi connectivity index (χ2v) is 6.37. The van der Waals surface area contributed by atoms with Gasteiger partial charge in [0.1, 0.15) is 5.54 Å². The maximum atomic E-state index is 12.6. The van der Waals surface area contributed by atoms with E-state index in [9.17, 15) is 9.59 Å². The highest BCUT2D eigenvalue weighted by Crippen LogP contribution is 2.30. The van der Waals surface area contributed by atoms with Gasteiger partial charge in [-0.25, -0.2) is 0 Å². The minimum atomic E-state index is -1.14. The summed E-state index contributed by atoms with van der Waals surface area (Å²) < 4.78 is 0. The average Bonchev–Trinajstić information content (AvgIpc) is 3.41. The Labute approximate surface area is 141 Å². The van der Waals surface area contributed by atoms with Crippen molar-refractivity contribution in [2.75, 3.05) is 10.6 Å². The molecule has 2 amide bonds. The molecule has 1 fully saturated rings. The first-order valence-corrected chi connectivity index (χ1v) is 8.03. The number of amides is 2. The summed E-state index contributed by atoms with van der Waals surface area (Å²) in [6.45, 7) is 1.68. The molecule has 2 aromatic rings. The molecule has 5 nitrogen and oxygen atoms in total. The van der Waals surface area contributed by atoms with Crippen LogP contribution < -0.4 is 16.4 Å². The quantitative estimate of drug-likeness (QED) is 0.791. The summed E-state index contributed by atoms with van der Waals surface area (Å²) in [5, 5.41) is 5.69. The first kappa shape index (κ1) is 16.2. The van der Waals surface area contributed by atoms with E-state index >= 15 is 0 Å². The van der Waals surface area contributed by atoms with Crippen LogP contribution in [0.5, 0.6) is 0 Å². The molecule has 0 saturated heterocycles. The molecular weight excluding hydrogens is 302 g/mol. The first-order valence-electron chi connectivity index (χ1n) is 8.03. The van der Waals surface area contributed by atoms with E-state index < -0.39 is 5.54 Å². The van der Waals surface area contributed by atoms with Crippen LogP contribution in [0.3, 0.4) is 0 Å².